The summed E-state index contributed by atoms with van der Waals surface area (Å²) in [6.07, 6.45) is 0. The lowest BCUT2D eigenvalue weighted by atomic mass is 10.2. The van der Waals surface area contributed by atoms with Gasteiger partial charge in [0.2, 0.25) is 0 Å². The summed E-state index contributed by atoms with van der Waals surface area (Å²) in [7, 11) is 1.25. The molecule has 1 aromatic heterocycles. The zero-order valence-corrected chi connectivity index (χ0v) is 10.5. The minimum Gasteiger partial charge on any atom is -0.468 e. The fourth-order valence-electron chi connectivity index (χ4n) is 1.08. The zero-order valence-electron chi connectivity index (χ0n) is 8.95. The number of nitrogens with one attached hydrogen (secondary N) is 1. The van der Waals surface area contributed by atoms with E-state index in [4.69, 9.17) is 11.6 Å². The number of methoxy groups -OCH3 is 1. The molecule has 0 spiro atoms. The number of amides is 1. The first kappa shape index (κ1) is 13.0. The van der Waals surface area contributed by atoms with Crippen LogP contribution >= 0.6 is 22.9 Å². The second kappa shape index (κ2) is 5.86. The maximum absolute atomic E-state index is 11.6. The van der Waals surface area contributed by atoms with Crippen molar-refractivity contribution < 1.29 is 14.3 Å². The van der Waals surface area contributed by atoms with E-state index in [2.05, 4.69) is 10.1 Å². The van der Waals surface area contributed by atoms with E-state index in [1.54, 1.807) is 5.38 Å². The minimum absolute atomic E-state index is 0.0579. The van der Waals surface area contributed by atoms with Gasteiger partial charge in [0.05, 0.1) is 12.7 Å². The number of halogens is 1. The van der Waals surface area contributed by atoms with E-state index >= 15 is 0 Å². The van der Waals surface area contributed by atoms with Crippen LogP contribution in [0.4, 0.5) is 0 Å². The maximum atomic E-state index is 11.6. The quantitative estimate of drug-likeness (QED) is 0.661. The van der Waals surface area contributed by atoms with E-state index in [9.17, 15) is 9.59 Å². The molecule has 0 saturated heterocycles. The normalized spacial score (nSPS) is 11.9. The summed E-state index contributed by atoms with van der Waals surface area (Å²) in [5.74, 6) is -0.780. The number of carbonyl (C=O) groups is 2. The molecule has 0 bridgehead atoms. The largest absolute Gasteiger partial charge is 0.468 e. The van der Waals surface area contributed by atoms with Crippen molar-refractivity contribution in [3.8, 4) is 0 Å². The van der Waals surface area contributed by atoms with Crippen LogP contribution in [0.2, 0.25) is 0 Å². The number of thiophene rings is 1. The van der Waals surface area contributed by atoms with Gasteiger partial charge in [-0.05, 0) is 17.9 Å². The van der Waals surface area contributed by atoms with Crippen LogP contribution in [-0.4, -0.2) is 30.9 Å². The second-order valence-corrected chi connectivity index (χ2v) is 4.44. The molecular weight excluding hydrogens is 250 g/mol. The highest BCUT2D eigenvalue weighted by Gasteiger charge is 2.17. The molecule has 16 heavy (non-hydrogen) atoms. The van der Waals surface area contributed by atoms with Gasteiger partial charge in [0.1, 0.15) is 5.38 Å². The van der Waals surface area contributed by atoms with Crippen LogP contribution in [0, 0.1) is 6.92 Å². The van der Waals surface area contributed by atoms with Crippen molar-refractivity contribution in [3.05, 3.63) is 21.9 Å². The Morgan fingerprint density at radius 2 is 2.25 bits per heavy atom. The first-order chi connectivity index (χ1) is 7.56. The molecule has 1 N–H and O–H groups in total. The Balaban J connectivity index is 2.48. The lowest BCUT2D eigenvalue weighted by Gasteiger charge is -2.08. The van der Waals surface area contributed by atoms with E-state index in [-0.39, 0.29) is 12.5 Å². The third-order valence-electron chi connectivity index (χ3n) is 2.00. The van der Waals surface area contributed by atoms with Crippen LogP contribution in [0.1, 0.15) is 15.9 Å². The van der Waals surface area contributed by atoms with Gasteiger partial charge in [-0.2, -0.15) is 11.3 Å². The van der Waals surface area contributed by atoms with Crippen LogP contribution in [0.5, 0.6) is 0 Å². The highest BCUT2D eigenvalue weighted by molar-refractivity contribution is 7.08. The molecule has 1 aromatic rings. The first-order valence-corrected chi connectivity index (χ1v) is 5.97. The average molecular weight is 262 g/mol. The molecule has 1 rings (SSSR count). The van der Waals surface area contributed by atoms with E-state index < -0.39 is 11.3 Å². The van der Waals surface area contributed by atoms with E-state index in [0.29, 0.717) is 5.56 Å². The summed E-state index contributed by atoms with van der Waals surface area (Å²) in [6.45, 7) is 1.91. The number of alkyl halides is 1. The Morgan fingerprint density at radius 1 is 1.56 bits per heavy atom. The Bertz CT molecular complexity index is 391. The smallest absolute Gasteiger partial charge is 0.325 e. The van der Waals surface area contributed by atoms with Crippen molar-refractivity contribution in [2.24, 2.45) is 0 Å². The minimum atomic E-state index is -0.854. The molecule has 1 atom stereocenters. The molecule has 0 aromatic carbocycles. The van der Waals surface area contributed by atoms with Gasteiger partial charge < -0.3 is 10.1 Å². The third kappa shape index (κ3) is 3.21. The molecule has 4 nitrogen and oxygen atoms in total. The predicted molar refractivity (Wildman–Crippen MR) is 63.0 cm³/mol. The van der Waals surface area contributed by atoms with Crippen molar-refractivity contribution in [1.82, 2.24) is 5.32 Å². The molecule has 0 aliphatic rings. The molecule has 1 unspecified atom stereocenters. The Morgan fingerprint density at radius 3 is 2.75 bits per heavy atom. The maximum Gasteiger partial charge on any atom is 0.325 e. The van der Waals surface area contributed by atoms with Crippen LogP contribution in [0.25, 0.3) is 0 Å². The highest BCUT2D eigenvalue weighted by atomic mass is 35.5. The SMILES string of the molecule is COC(=O)C(Cl)CNC(=O)c1cscc1C. The van der Waals surface area contributed by atoms with Crippen molar-refractivity contribution in [2.45, 2.75) is 12.3 Å². The molecule has 1 amide bonds. The first-order valence-electron chi connectivity index (χ1n) is 4.59. The highest BCUT2D eigenvalue weighted by Crippen LogP contribution is 2.13. The number of aryl methyl sites for hydroxylation is 1. The Hall–Kier alpha value is -1.07. The molecule has 0 aliphatic carbocycles. The van der Waals surface area contributed by atoms with Crippen molar-refractivity contribution in [3.63, 3.8) is 0 Å². The van der Waals surface area contributed by atoms with Crippen molar-refractivity contribution in [1.29, 1.82) is 0 Å². The van der Waals surface area contributed by atoms with Gasteiger partial charge in [-0.25, -0.2) is 0 Å². The van der Waals surface area contributed by atoms with Gasteiger partial charge in [0.25, 0.3) is 5.91 Å². The van der Waals surface area contributed by atoms with E-state index in [0.717, 1.165) is 5.56 Å². The second-order valence-electron chi connectivity index (χ2n) is 3.17. The van der Waals surface area contributed by atoms with E-state index in [1.807, 2.05) is 12.3 Å². The molecule has 0 aliphatic heterocycles. The van der Waals surface area contributed by atoms with Gasteiger partial charge in [-0.1, -0.05) is 0 Å². The number of ether oxygens (including phenoxy) is 1. The van der Waals surface area contributed by atoms with Gasteiger partial charge in [-0.15, -0.1) is 11.6 Å². The lowest BCUT2D eigenvalue weighted by molar-refractivity contribution is -0.140. The van der Waals surface area contributed by atoms with Crippen molar-refractivity contribution in [2.75, 3.05) is 13.7 Å². The molecule has 6 heteroatoms. The molecule has 88 valence electrons. The van der Waals surface area contributed by atoms with Gasteiger partial charge >= 0.3 is 5.97 Å². The summed E-state index contributed by atoms with van der Waals surface area (Å²) >= 11 is 7.14. The fraction of sp³-hybridized carbons (Fsp3) is 0.400. The van der Waals surface area contributed by atoms with Gasteiger partial charge in [0.15, 0.2) is 0 Å². The number of esters is 1. The zero-order chi connectivity index (χ0) is 12.1. The van der Waals surface area contributed by atoms with Gasteiger partial charge in [0, 0.05) is 11.9 Å². The number of rotatable bonds is 4. The third-order valence-corrected chi connectivity index (χ3v) is 3.19. The van der Waals surface area contributed by atoms with Crippen molar-refractivity contribution >= 4 is 34.8 Å². The standard InChI is InChI=1S/C10H12ClNO3S/c1-6-4-16-5-7(6)9(13)12-3-8(11)10(14)15-2/h4-5,8H,3H2,1-2H3,(H,12,13). The molecular formula is C10H12ClNO3S. The Kier molecular flexibility index (Phi) is 4.76. The molecule has 0 saturated carbocycles. The summed E-state index contributed by atoms with van der Waals surface area (Å²) in [5, 5.41) is 5.36. The summed E-state index contributed by atoms with van der Waals surface area (Å²) in [6, 6.07) is 0. The average Bonchev–Trinajstić information content (AvgIpc) is 2.70. The topological polar surface area (TPSA) is 55.4 Å². The molecule has 0 radical (unpaired) electrons. The van der Waals surface area contributed by atoms with Crippen LogP contribution < -0.4 is 5.32 Å². The monoisotopic (exact) mass is 261 g/mol. The van der Waals surface area contributed by atoms with Crippen LogP contribution in [0.15, 0.2) is 10.8 Å². The lowest BCUT2D eigenvalue weighted by Crippen LogP contribution is -2.34. The number of carbonyl (C=O) groups excluding carboxylic acids is 2. The Labute approximate surface area is 103 Å². The number of hydrogen-bond donors (Lipinski definition) is 1. The fourth-order valence-corrected chi connectivity index (χ4v) is 2.08. The number of hydrogen-bond acceptors (Lipinski definition) is 4. The predicted octanol–water partition coefficient (Wildman–Crippen LogP) is 1.57. The van der Waals surface area contributed by atoms with Crippen LogP contribution in [0.3, 0.4) is 0 Å². The summed E-state index contributed by atoms with van der Waals surface area (Å²) in [5.41, 5.74) is 1.52. The van der Waals surface area contributed by atoms with Crippen LogP contribution in [-0.2, 0) is 9.53 Å². The van der Waals surface area contributed by atoms with Gasteiger partial charge in [-0.3, -0.25) is 9.59 Å². The molecule has 1 heterocycles. The van der Waals surface area contributed by atoms with E-state index in [1.165, 1.54) is 18.4 Å². The molecule has 0 fully saturated rings. The summed E-state index contributed by atoms with van der Waals surface area (Å²) in [4.78, 5) is 22.6. The summed E-state index contributed by atoms with van der Waals surface area (Å²) < 4.78 is 4.44.